The molecule has 1 fully saturated rings. The number of rotatable bonds is 3. The lowest BCUT2D eigenvalue weighted by Crippen LogP contribution is -2.26. The van der Waals surface area contributed by atoms with Crippen molar-refractivity contribution in [2.45, 2.75) is 31.8 Å². The summed E-state index contributed by atoms with van der Waals surface area (Å²) in [6.07, 6.45) is 5.33. The van der Waals surface area contributed by atoms with Gasteiger partial charge in [0, 0.05) is 6.04 Å². The lowest BCUT2D eigenvalue weighted by Gasteiger charge is -2.18. The van der Waals surface area contributed by atoms with Crippen LogP contribution in [0.25, 0.3) is 0 Å². The van der Waals surface area contributed by atoms with Gasteiger partial charge in [0.05, 0.1) is 12.7 Å². The van der Waals surface area contributed by atoms with E-state index >= 15 is 0 Å². The van der Waals surface area contributed by atoms with Gasteiger partial charge < -0.3 is 10.6 Å². The Labute approximate surface area is 83.9 Å². The van der Waals surface area contributed by atoms with Gasteiger partial charge in [-0.05, 0) is 32.9 Å². The molecular formula is C9H17N5. The van der Waals surface area contributed by atoms with Crippen molar-refractivity contribution in [3.05, 3.63) is 6.20 Å². The molecule has 1 atom stereocenters. The first-order valence-electron chi connectivity index (χ1n) is 5.11. The van der Waals surface area contributed by atoms with Crippen LogP contribution in [0.5, 0.6) is 0 Å². The normalized spacial score (nSPS) is 23.1. The van der Waals surface area contributed by atoms with Gasteiger partial charge in [0.1, 0.15) is 0 Å². The number of aryl methyl sites for hydroxylation is 1. The van der Waals surface area contributed by atoms with Gasteiger partial charge in [0.25, 0.3) is 0 Å². The van der Waals surface area contributed by atoms with E-state index in [2.05, 4.69) is 22.1 Å². The summed E-state index contributed by atoms with van der Waals surface area (Å²) in [6, 6.07) is 0.697. The molecule has 1 aromatic rings. The van der Waals surface area contributed by atoms with E-state index < -0.39 is 0 Å². The molecule has 5 nitrogen and oxygen atoms in total. The number of anilines is 1. The number of aromatic nitrogens is 3. The third-order valence-electron chi connectivity index (χ3n) is 2.89. The van der Waals surface area contributed by atoms with E-state index in [1.807, 2.05) is 0 Å². The highest BCUT2D eigenvalue weighted by Crippen LogP contribution is 2.17. The number of hydrogen-bond acceptors (Lipinski definition) is 4. The van der Waals surface area contributed by atoms with Crippen molar-refractivity contribution in [1.82, 2.24) is 19.9 Å². The summed E-state index contributed by atoms with van der Waals surface area (Å²) < 4.78 is 0. The van der Waals surface area contributed by atoms with E-state index in [9.17, 15) is 0 Å². The fourth-order valence-corrected chi connectivity index (χ4v) is 2.03. The average Bonchev–Trinajstić information content (AvgIpc) is 2.72. The predicted octanol–water partition coefficient (Wildman–Crippen LogP) is 0.345. The molecule has 1 aliphatic heterocycles. The molecule has 0 aromatic carbocycles. The Morgan fingerprint density at radius 2 is 2.50 bits per heavy atom. The standard InChI is InChI=1S/C9H17N5/c1-13-5-2-3-8(13)4-6-14-11-7-9(10)12-14/h7-8H,2-6H2,1H3,(H2,10,12). The van der Waals surface area contributed by atoms with Crippen LogP contribution in [-0.2, 0) is 6.54 Å². The summed E-state index contributed by atoms with van der Waals surface area (Å²) in [5, 5.41) is 8.13. The molecule has 1 aliphatic rings. The summed E-state index contributed by atoms with van der Waals surface area (Å²) in [7, 11) is 2.18. The minimum Gasteiger partial charge on any atom is -0.381 e. The van der Waals surface area contributed by atoms with Gasteiger partial charge in [-0.3, -0.25) is 0 Å². The SMILES string of the molecule is CN1CCCC1CCn1ncc(N)n1. The average molecular weight is 195 g/mol. The van der Waals surface area contributed by atoms with Crippen LogP contribution in [0.2, 0.25) is 0 Å². The smallest absolute Gasteiger partial charge is 0.165 e. The van der Waals surface area contributed by atoms with Crippen molar-refractivity contribution in [2.75, 3.05) is 19.3 Å². The van der Waals surface area contributed by atoms with E-state index in [1.165, 1.54) is 19.4 Å². The van der Waals surface area contributed by atoms with E-state index in [-0.39, 0.29) is 0 Å². The van der Waals surface area contributed by atoms with Gasteiger partial charge in [0.2, 0.25) is 0 Å². The molecular weight excluding hydrogens is 178 g/mol. The highest BCUT2D eigenvalue weighted by molar-refractivity contribution is 5.19. The summed E-state index contributed by atoms with van der Waals surface area (Å²) in [5.41, 5.74) is 5.48. The van der Waals surface area contributed by atoms with E-state index in [0.717, 1.165) is 13.0 Å². The molecule has 14 heavy (non-hydrogen) atoms. The van der Waals surface area contributed by atoms with Crippen molar-refractivity contribution in [3.63, 3.8) is 0 Å². The van der Waals surface area contributed by atoms with Crippen molar-refractivity contribution in [2.24, 2.45) is 0 Å². The Morgan fingerprint density at radius 3 is 3.07 bits per heavy atom. The summed E-state index contributed by atoms with van der Waals surface area (Å²) in [5.74, 6) is 0.504. The monoisotopic (exact) mass is 195 g/mol. The van der Waals surface area contributed by atoms with Crippen LogP contribution in [-0.4, -0.2) is 39.5 Å². The molecule has 78 valence electrons. The first kappa shape index (κ1) is 9.45. The summed E-state index contributed by atoms with van der Waals surface area (Å²) in [6.45, 7) is 2.09. The molecule has 0 radical (unpaired) electrons. The topological polar surface area (TPSA) is 60.0 Å². The second-order valence-electron chi connectivity index (χ2n) is 3.93. The van der Waals surface area contributed by atoms with Crippen LogP contribution in [0, 0.1) is 0 Å². The molecule has 2 rings (SSSR count). The molecule has 1 unspecified atom stereocenters. The fraction of sp³-hybridized carbons (Fsp3) is 0.778. The fourth-order valence-electron chi connectivity index (χ4n) is 2.03. The maximum atomic E-state index is 5.48. The Bertz CT molecular complexity index is 295. The Balaban J connectivity index is 1.82. The molecule has 0 aliphatic carbocycles. The molecule has 0 bridgehead atoms. The van der Waals surface area contributed by atoms with Crippen LogP contribution in [0.15, 0.2) is 6.20 Å². The quantitative estimate of drug-likeness (QED) is 0.755. The van der Waals surface area contributed by atoms with Crippen LogP contribution >= 0.6 is 0 Å². The molecule has 0 saturated carbocycles. The third kappa shape index (κ3) is 2.04. The first-order valence-corrected chi connectivity index (χ1v) is 5.11. The maximum Gasteiger partial charge on any atom is 0.165 e. The second kappa shape index (κ2) is 3.96. The number of nitrogen functional groups attached to an aromatic ring is 1. The molecule has 2 heterocycles. The Morgan fingerprint density at radius 1 is 1.64 bits per heavy atom. The zero-order valence-corrected chi connectivity index (χ0v) is 8.56. The molecule has 0 amide bonds. The first-order chi connectivity index (χ1) is 6.75. The van der Waals surface area contributed by atoms with Crippen molar-refractivity contribution < 1.29 is 0 Å². The summed E-state index contributed by atoms with van der Waals surface area (Å²) >= 11 is 0. The molecule has 1 aromatic heterocycles. The zero-order valence-electron chi connectivity index (χ0n) is 8.56. The van der Waals surface area contributed by atoms with Gasteiger partial charge >= 0.3 is 0 Å². The van der Waals surface area contributed by atoms with E-state index in [0.29, 0.717) is 11.9 Å². The zero-order chi connectivity index (χ0) is 9.97. The van der Waals surface area contributed by atoms with E-state index in [4.69, 9.17) is 5.73 Å². The van der Waals surface area contributed by atoms with Crippen molar-refractivity contribution in [3.8, 4) is 0 Å². The van der Waals surface area contributed by atoms with Crippen LogP contribution in [0.1, 0.15) is 19.3 Å². The minimum atomic E-state index is 0.504. The number of nitrogens with zero attached hydrogens (tertiary/aromatic N) is 4. The van der Waals surface area contributed by atoms with Crippen LogP contribution in [0.3, 0.4) is 0 Å². The highest BCUT2D eigenvalue weighted by Gasteiger charge is 2.20. The lowest BCUT2D eigenvalue weighted by molar-refractivity contribution is 0.278. The molecule has 0 spiro atoms. The van der Waals surface area contributed by atoms with Crippen LogP contribution in [0.4, 0.5) is 5.82 Å². The predicted molar refractivity (Wildman–Crippen MR) is 54.7 cm³/mol. The van der Waals surface area contributed by atoms with Crippen molar-refractivity contribution >= 4 is 5.82 Å². The lowest BCUT2D eigenvalue weighted by atomic mass is 10.1. The molecule has 2 N–H and O–H groups in total. The third-order valence-corrected chi connectivity index (χ3v) is 2.89. The molecule has 5 heteroatoms. The minimum absolute atomic E-state index is 0.504. The highest BCUT2D eigenvalue weighted by atomic mass is 15.5. The Kier molecular flexibility index (Phi) is 2.67. The number of hydrogen-bond donors (Lipinski definition) is 1. The Hall–Kier alpha value is -1.10. The largest absolute Gasteiger partial charge is 0.381 e. The molecule has 1 saturated heterocycles. The maximum absolute atomic E-state index is 5.48. The number of likely N-dealkylation sites (tertiary alicyclic amines) is 1. The van der Waals surface area contributed by atoms with Gasteiger partial charge in [-0.2, -0.15) is 9.90 Å². The van der Waals surface area contributed by atoms with E-state index in [1.54, 1.807) is 11.0 Å². The van der Waals surface area contributed by atoms with Gasteiger partial charge in [0.15, 0.2) is 5.82 Å². The van der Waals surface area contributed by atoms with Gasteiger partial charge in [-0.15, -0.1) is 5.10 Å². The van der Waals surface area contributed by atoms with Crippen molar-refractivity contribution in [1.29, 1.82) is 0 Å². The second-order valence-corrected chi connectivity index (χ2v) is 3.93. The van der Waals surface area contributed by atoms with Gasteiger partial charge in [-0.1, -0.05) is 0 Å². The number of nitrogens with two attached hydrogens (primary N) is 1. The van der Waals surface area contributed by atoms with Crippen LogP contribution < -0.4 is 5.73 Å². The van der Waals surface area contributed by atoms with Gasteiger partial charge in [-0.25, -0.2) is 0 Å². The summed E-state index contributed by atoms with van der Waals surface area (Å²) in [4.78, 5) is 4.09.